The first-order chi connectivity index (χ1) is 7.19. The Hall–Kier alpha value is -1.56. The van der Waals surface area contributed by atoms with Crippen LogP contribution in [0.5, 0.6) is 0 Å². The van der Waals surface area contributed by atoms with Crippen LogP contribution in [0.2, 0.25) is 0 Å². The molecule has 2 heterocycles. The summed E-state index contributed by atoms with van der Waals surface area (Å²) in [5.41, 5.74) is 0. The molecule has 6 nitrogen and oxygen atoms in total. The van der Waals surface area contributed by atoms with Gasteiger partial charge in [-0.15, -0.1) is 0 Å². The molecule has 6 heteroatoms. The number of aliphatic hydroxyl groups is 1. The second kappa shape index (κ2) is 3.54. The summed E-state index contributed by atoms with van der Waals surface area (Å²) in [7, 11) is 1.25. The number of β-lactam (4-membered cyclic amide) rings is 1. The number of rotatable bonds is 2. The minimum absolute atomic E-state index is 0.142. The summed E-state index contributed by atoms with van der Waals surface area (Å²) in [6.07, 6.45) is 1.27. The van der Waals surface area contributed by atoms with Crippen molar-refractivity contribution in [1.29, 1.82) is 0 Å². The van der Waals surface area contributed by atoms with Crippen LogP contribution < -0.4 is 0 Å². The number of hydrogen-bond donors (Lipinski definition) is 1. The Kier molecular flexibility index (Phi) is 2.36. The van der Waals surface area contributed by atoms with Gasteiger partial charge < -0.3 is 14.6 Å². The maximum absolute atomic E-state index is 11.4. The minimum Gasteiger partial charge on any atom is -0.472 e. The maximum atomic E-state index is 11.4. The number of aliphatic hydroxyl groups excluding tert-OH is 1. The van der Waals surface area contributed by atoms with Crippen LogP contribution in [0.25, 0.3) is 0 Å². The Morgan fingerprint density at radius 3 is 3.07 bits per heavy atom. The van der Waals surface area contributed by atoms with E-state index in [9.17, 15) is 9.59 Å². The van der Waals surface area contributed by atoms with Crippen molar-refractivity contribution >= 4 is 11.9 Å². The number of amides is 1. The first-order valence-electron chi connectivity index (χ1n) is 4.55. The van der Waals surface area contributed by atoms with Crippen molar-refractivity contribution in [2.75, 3.05) is 13.7 Å². The Labute approximate surface area is 86.1 Å². The number of hydrogen-bond acceptors (Lipinski definition) is 5. The SMILES string of the molecule is COC(=O)[C@@H]1/C(=C/CO)O[C@@H]2CC(=O)N12. The predicted molar refractivity (Wildman–Crippen MR) is 47.3 cm³/mol. The average molecular weight is 213 g/mol. The normalized spacial score (nSPS) is 30.9. The summed E-state index contributed by atoms with van der Waals surface area (Å²) in [6.45, 7) is -0.239. The maximum Gasteiger partial charge on any atom is 0.336 e. The largest absolute Gasteiger partial charge is 0.472 e. The lowest BCUT2D eigenvalue weighted by molar-refractivity contribution is -0.164. The number of ether oxygens (including phenoxy) is 2. The molecule has 0 saturated carbocycles. The Morgan fingerprint density at radius 2 is 2.53 bits per heavy atom. The van der Waals surface area contributed by atoms with Gasteiger partial charge in [-0.25, -0.2) is 4.79 Å². The van der Waals surface area contributed by atoms with Gasteiger partial charge in [-0.3, -0.25) is 9.69 Å². The van der Waals surface area contributed by atoms with Gasteiger partial charge in [-0.1, -0.05) is 0 Å². The van der Waals surface area contributed by atoms with Crippen LogP contribution in [0.3, 0.4) is 0 Å². The van der Waals surface area contributed by atoms with Gasteiger partial charge in [0, 0.05) is 0 Å². The zero-order chi connectivity index (χ0) is 11.0. The van der Waals surface area contributed by atoms with Crippen LogP contribution in [0.1, 0.15) is 6.42 Å². The molecular formula is C9H11NO5. The van der Waals surface area contributed by atoms with Gasteiger partial charge in [-0.2, -0.15) is 0 Å². The van der Waals surface area contributed by atoms with Crippen LogP contribution in [-0.2, 0) is 19.1 Å². The Morgan fingerprint density at radius 1 is 1.80 bits per heavy atom. The molecule has 82 valence electrons. The van der Waals surface area contributed by atoms with Gasteiger partial charge >= 0.3 is 5.97 Å². The summed E-state index contributed by atoms with van der Waals surface area (Å²) in [4.78, 5) is 24.0. The fourth-order valence-corrected chi connectivity index (χ4v) is 1.76. The summed E-state index contributed by atoms with van der Waals surface area (Å²) in [5, 5.41) is 8.75. The van der Waals surface area contributed by atoms with Crippen molar-refractivity contribution in [1.82, 2.24) is 4.90 Å². The van der Waals surface area contributed by atoms with Crippen LogP contribution in [0.15, 0.2) is 11.8 Å². The molecule has 0 radical (unpaired) electrons. The number of methoxy groups -OCH3 is 1. The van der Waals surface area contributed by atoms with Crippen LogP contribution >= 0.6 is 0 Å². The molecule has 0 bridgehead atoms. The van der Waals surface area contributed by atoms with E-state index in [4.69, 9.17) is 9.84 Å². The summed E-state index contributed by atoms with van der Waals surface area (Å²) >= 11 is 0. The van der Waals surface area contributed by atoms with Gasteiger partial charge in [0.1, 0.15) is 5.76 Å². The van der Waals surface area contributed by atoms with E-state index in [0.717, 1.165) is 0 Å². The molecule has 2 rings (SSSR count). The van der Waals surface area contributed by atoms with Gasteiger partial charge in [0.25, 0.3) is 0 Å². The van der Waals surface area contributed by atoms with E-state index in [-0.39, 0.29) is 25.2 Å². The van der Waals surface area contributed by atoms with Crippen LogP contribution in [-0.4, -0.2) is 47.9 Å². The van der Waals surface area contributed by atoms with E-state index in [1.54, 1.807) is 0 Å². The molecule has 2 atom stereocenters. The molecule has 2 aliphatic heterocycles. The van der Waals surface area contributed by atoms with E-state index in [2.05, 4.69) is 4.74 Å². The molecule has 0 aromatic rings. The first-order valence-corrected chi connectivity index (χ1v) is 4.55. The lowest BCUT2D eigenvalue weighted by atomic mass is 10.1. The fraction of sp³-hybridized carbons (Fsp3) is 0.556. The predicted octanol–water partition coefficient (Wildman–Crippen LogP) is -1.01. The standard InChI is InChI=1S/C9H11NO5/c1-14-9(13)8-5(2-3-11)15-7-4-6(12)10(7)8/h2,7-8,11H,3-4H2,1H3/b5-2-/t7-,8+/m1/s1. The Bertz CT molecular complexity index is 337. The van der Waals surface area contributed by atoms with Crippen LogP contribution in [0.4, 0.5) is 0 Å². The average Bonchev–Trinajstić information content (AvgIpc) is 2.50. The van der Waals surface area contributed by atoms with E-state index >= 15 is 0 Å². The summed E-state index contributed by atoms with van der Waals surface area (Å²) in [6, 6.07) is -0.826. The molecule has 0 aromatic heterocycles. The zero-order valence-corrected chi connectivity index (χ0v) is 8.17. The first kappa shape index (κ1) is 9.97. The molecule has 0 aliphatic carbocycles. The molecule has 1 amide bonds. The minimum atomic E-state index is -0.826. The van der Waals surface area contributed by atoms with E-state index in [0.29, 0.717) is 5.76 Å². The molecule has 0 aromatic carbocycles. The van der Waals surface area contributed by atoms with Crippen molar-refractivity contribution in [2.24, 2.45) is 0 Å². The molecule has 0 unspecified atom stereocenters. The van der Waals surface area contributed by atoms with Crippen molar-refractivity contribution in [3.63, 3.8) is 0 Å². The summed E-state index contributed by atoms with van der Waals surface area (Å²) < 4.78 is 9.89. The summed E-state index contributed by atoms with van der Waals surface area (Å²) in [5.74, 6) is -0.401. The van der Waals surface area contributed by atoms with Crippen molar-refractivity contribution in [3.05, 3.63) is 11.8 Å². The molecule has 0 spiro atoms. The van der Waals surface area contributed by atoms with E-state index in [1.807, 2.05) is 0 Å². The number of carbonyl (C=O) groups is 2. The van der Waals surface area contributed by atoms with Crippen LogP contribution in [0, 0.1) is 0 Å². The highest BCUT2D eigenvalue weighted by molar-refractivity contribution is 5.91. The molecule has 2 fully saturated rings. The highest BCUT2D eigenvalue weighted by atomic mass is 16.6. The van der Waals surface area contributed by atoms with Crippen molar-refractivity contribution in [3.8, 4) is 0 Å². The second-order valence-corrected chi connectivity index (χ2v) is 3.29. The molecule has 2 saturated heterocycles. The van der Waals surface area contributed by atoms with Gasteiger partial charge in [-0.05, 0) is 6.08 Å². The lowest BCUT2D eigenvalue weighted by Gasteiger charge is -2.33. The lowest BCUT2D eigenvalue weighted by Crippen LogP contribution is -2.55. The van der Waals surface area contributed by atoms with Crippen molar-refractivity contribution in [2.45, 2.75) is 18.7 Å². The highest BCUT2D eigenvalue weighted by Gasteiger charge is 2.53. The fourth-order valence-electron chi connectivity index (χ4n) is 1.76. The third-order valence-corrected chi connectivity index (χ3v) is 2.48. The Balaban J connectivity index is 2.24. The van der Waals surface area contributed by atoms with Gasteiger partial charge in [0.15, 0.2) is 12.3 Å². The third-order valence-electron chi connectivity index (χ3n) is 2.48. The smallest absolute Gasteiger partial charge is 0.336 e. The third kappa shape index (κ3) is 1.37. The second-order valence-electron chi connectivity index (χ2n) is 3.29. The number of fused-ring (bicyclic) bond motifs is 1. The topological polar surface area (TPSA) is 76.1 Å². The van der Waals surface area contributed by atoms with E-state index < -0.39 is 12.0 Å². The monoisotopic (exact) mass is 213 g/mol. The molecule has 2 aliphatic rings. The highest BCUT2D eigenvalue weighted by Crippen LogP contribution is 2.36. The number of esters is 1. The molecular weight excluding hydrogens is 202 g/mol. The molecule has 15 heavy (non-hydrogen) atoms. The number of nitrogens with zero attached hydrogens (tertiary/aromatic N) is 1. The number of carbonyl (C=O) groups excluding carboxylic acids is 2. The zero-order valence-electron chi connectivity index (χ0n) is 8.17. The van der Waals surface area contributed by atoms with Crippen molar-refractivity contribution < 1.29 is 24.2 Å². The van der Waals surface area contributed by atoms with E-state index in [1.165, 1.54) is 18.1 Å². The van der Waals surface area contributed by atoms with Gasteiger partial charge in [0.2, 0.25) is 5.91 Å². The quantitative estimate of drug-likeness (QED) is 0.470. The molecule has 1 N–H and O–H groups in total. The van der Waals surface area contributed by atoms with Gasteiger partial charge in [0.05, 0.1) is 20.1 Å².